The number of amides is 1. The first kappa shape index (κ1) is 28.0. The van der Waals surface area contributed by atoms with E-state index in [9.17, 15) is 14.0 Å². The van der Waals surface area contributed by atoms with Crippen molar-refractivity contribution in [3.8, 4) is 28.7 Å². The Balaban J connectivity index is 1.73. The zero-order valence-electron chi connectivity index (χ0n) is 21.6. The van der Waals surface area contributed by atoms with Crippen molar-refractivity contribution in [3.63, 3.8) is 0 Å². The van der Waals surface area contributed by atoms with Gasteiger partial charge in [0.2, 0.25) is 5.75 Å². The van der Waals surface area contributed by atoms with Crippen LogP contribution < -0.4 is 29.1 Å². The molecule has 10 heteroatoms. The molecular weight excluding hydrogens is 495 g/mol. The lowest BCUT2D eigenvalue weighted by Crippen LogP contribution is -2.18. The number of nitrogens with one attached hydrogen (secondary N) is 1. The first-order chi connectivity index (χ1) is 18.4. The minimum Gasteiger partial charge on any atom is -0.493 e. The van der Waals surface area contributed by atoms with Gasteiger partial charge in [-0.1, -0.05) is 0 Å². The fraction of sp³-hybridized carbons (Fsp3) is 0.250. The van der Waals surface area contributed by atoms with E-state index < -0.39 is 17.7 Å². The summed E-state index contributed by atoms with van der Waals surface area (Å²) in [5.74, 6) is 0.0581. The lowest BCUT2D eigenvalue weighted by atomic mass is 10.1. The van der Waals surface area contributed by atoms with Gasteiger partial charge in [0.15, 0.2) is 23.0 Å². The van der Waals surface area contributed by atoms with Crippen LogP contribution in [0, 0.1) is 5.82 Å². The van der Waals surface area contributed by atoms with E-state index in [1.54, 1.807) is 24.3 Å². The van der Waals surface area contributed by atoms with Crippen molar-refractivity contribution < 1.29 is 37.7 Å². The standard InChI is InChI=1S/C28H29FN2O7/c1-5-35-24-15-20(16-25(36-6-2)26(24)37-7-3)27(32)31-30-17-18-8-13-22(23(14-18)34-4)38-28(33)19-9-11-21(29)12-10-19/h8-17H,5-7H2,1-4H3,(H,31,32)/b30-17+. The Labute approximate surface area is 220 Å². The number of methoxy groups -OCH3 is 1. The fourth-order valence-corrected chi connectivity index (χ4v) is 3.34. The maximum absolute atomic E-state index is 13.1. The maximum Gasteiger partial charge on any atom is 0.343 e. The van der Waals surface area contributed by atoms with Gasteiger partial charge in [0.05, 0.1) is 38.7 Å². The number of halogens is 1. The van der Waals surface area contributed by atoms with Gasteiger partial charge in [0.1, 0.15) is 5.82 Å². The van der Waals surface area contributed by atoms with Crippen LogP contribution in [-0.2, 0) is 0 Å². The van der Waals surface area contributed by atoms with Crippen molar-refractivity contribution in [2.45, 2.75) is 20.8 Å². The van der Waals surface area contributed by atoms with E-state index in [1.807, 2.05) is 20.8 Å². The largest absolute Gasteiger partial charge is 0.493 e. The number of hydrogen-bond acceptors (Lipinski definition) is 8. The molecule has 0 aliphatic rings. The summed E-state index contributed by atoms with van der Waals surface area (Å²) in [5.41, 5.74) is 3.51. The predicted molar refractivity (Wildman–Crippen MR) is 139 cm³/mol. The highest BCUT2D eigenvalue weighted by molar-refractivity contribution is 5.96. The number of carbonyl (C=O) groups is 2. The third-order valence-electron chi connectivity index (χ3n) is 5.02. The molecule has 0 heterocycles. The molecule has 0 bridgehead atoms. The van der Waals surface area contributed by atoms with Crippen molar-refractivity contribution in [1.29, 1.82) is 0 Å². The Kier molecular flexibility index (Phi) is 10.0. The van der Waals surface area contributed by atoms with Gasteiger partial charge in [-0.2, -0.15) is 5.10 Å². The van der Waals surface area contributed by atoms with E-state index in [0.717, 1.165) is 0 Å². The monoisotopic (exact) mass is 524 g/mol. The fourth-order valence-electron chi connectivity index (χ4n) is 3.34. The third-order valence-corrected chi connectivity index (χ3v) is 5.02. The number of nitrogens with zero attached hydrogens (tertiary/aromatic N) is 1. The second-order valence-corrected chi connectivity index (χ2v) is 7.61. The molecule has 200 valence electrons. The molecule has 3 aromatic rings. The molecule has 1 N–H and O–H groups in total. The number of benzene rings is 3. The maximum atomic E-state index is 13.1. The van der Waals surface area contributed by atoms with E-state index in [0.29, 0.717) is 42.6 Å². The third kappa shape index (κ3) is 7.22. The molecule has 0 spiro atoms. The summed E-state index contributed by atoms with van der Waals surface area (Å²) < 4.78 is 40.8. The summed E-state index contributed by atoms with van der Waals surface area (Å²) in [7, 11) is 1.42. The molecule has 3 rings (SSSR count). The van der Waals surface area contributed by atoms with Gasteiger partial charge >= 0.3 is 5.97 Å². The Morgan fingerprint density at radius 1 is 0.816 bits per heavy atom. The molecule has 0 aromatic heterocycles. The first-order valence-electron chi connectivity index (χ1n) is 12.0. The van der Waals surface area contributed by atoms with Gasteiger partial charge in [0.25, 0.3) is 5.91 Å². The first-order valence-corrected chi connectivity index (χ1v) is 12.0. The average Bonchev–Trinajstić information content (AvgIpc) is 2.91. The van der Waals surface area contributed by atoms with Crippen LogP contribution in [-0.4, -0.2) is 45.0 Å². The van der Waals surface area contributed by atoms with E-state index in [-0.39, 0.29) is 22.6 Å². The van der Waals surface area contributed by atoms with Crippen molar-refractivity contribution >= 4 is 18.1 Å². The van der Waals surface area contributed by atoms with Crippen LogP contribution in [0.1, 0.15) is 47.1 Å². The van der Waals surface area contributed by atoms with Gasteiger partial charge in [-0.25, -0.2) is 14.6 Å². The molecule has 0 saturated heterocycles. The van der Waals surface area contributed by atoms with Crippen LogP contribution in [0.3, 0.4) is 0 Å². The molecule has 0 radical (unpaired) electrons. The van der Waals surface area contributed by atoms with Crippen LogP contribution in [0.15, 0.2) is 59.7 Å². The Hall–Kier alpha value is -4.60. The number of ether oxygens (including phenoxy) is 5. The van der Waals surface area contributed by atoms with Crippen LogP contribution >= 0.6 is 0 Å². The number of esters is 1. The van der Waals surface area contributed by atoms with E-state index >= 15 is 0 Å². The van der Waals surface area contributed by atoms with E-state index in [2.05, 4.69) is 10.5 Å². The quantitative estimate of drug-likeness (QED) is 0.154. The predicted octanol–water partition coefficient (Wildman–Crippen LogP) is 5.01. The lowest BCUT2D eigenvalue weighted by Gasteiger charge is -2.16. The molecule has 0 aliphatic heterocycles. The number of hydrazone groups is 1. The summed E-state index contributed by atoms with van der Waals surface area (Å²) >= 11 is 0. The summed E-state index contributed by atoms with van der Waals surface area (Å²) in [6.07, 6.45) is 1.41. The molecule has 0 saturated carbocycles. The molecule has 0 atom stereocenters. The molecule has 0 fully saturated rings. The zero-order valence-corrected chi connectivity index (χ0v) is 21.6. The normalized spacial score (nSPS) is 10.7. The van der Waals surface area contributed by atoms with E-state index in [1.165, 1.54) is 43.7 Å². The van der Waals surface area contributed by atoms with Crippen molar-refractivity contribution in [2.75, 3.05) is 26.9 Å². The van der Waals surface area contributed by atoms with Gasteiger partial charge in [-0.15, -0.1) is 0 Å². The van der Waals surface area contributed by atoms with Crippen molar-refractivity contribution in [1.82, 2.24) is 5.43 Å². The topological polar surface area (TPSA) is 105 Å². The Bertz CT molecular complexity index is 1270. The average molecular weight is 525 g/mol. The van der Waals surface area contributed by atoms with Crippen LogP contribution in [0.4, 0.5) is 4.39 Å². The second kappa shape index (κ2) is 13.6. The molecule has 1 amide bonds. The van der Waals surface area contributed by atoms with Crippen molar-refractivity contribution in [3.05, 3.63) is 77.1 Å². The van der Waals surface area contributed by atoms with E-state index in [4.69, 9.17) is 23.7 Å². The van der Waals surface area contributed by atoms with Gasteiger partial charge < -0.3 is 23.7 Å². The van der Waals surface area contributed by atoms with Gasteiger partial charge in [0, 0.05) is 5.56 Å². The molecular formula is C28H29FN2O7. The minimum absolute atomic E-state index is 0.171. The number of hydrogen-bond donors (Lipinski definition) is 1. The smallest absolute Gasteiger partial charge is 0.343 e. The molecule has 0 unspecified atom stereocenters. The minimum atomic E-state index is -0.662. The van der Waals surface area contributed by atoms with Gasteiger partial charge in [-0.05, 0) is 80.9 Å². The summed E-state index contributed by atoms with van der Waals surface area (Å²) in [4.78, 5) is 25.1. The summed E-state index contributed by atoms with van der Waals surface area (Å²) in [5, 5.41) is 4.01. The SMILES string of the molecule is CCOc1cc(C(=O)N/N=C/c2ccc(OC(=O)c3ccc(F)cc3)c(OC)c2)cc(OCC)c1OCC. The number of carbonyl (C=O) groups excluding carboxylic acids is 2. The van der Waals surface area contributed by atoms with Crippen molar-refractivity contribution in [2.24, 2.45) is 5.10 Å². The second-order valence-electron chi connectivity index (χ2n) is 7.61. The molecule has 3 aromatic carbocycles. The van der Waals surface area contributed by atoms with Crippen LogP contribution in [0.2, 0.25) is 0 Å². The summed E-state index contributed by atoms with van der Waals surface area (Å²) in [6.45, 7) is 6.67. The van der Waals surface area contributed by atoms with Crippen LogP contribution in [0.25, 0.3) is 0 Å². The zero-order chi connectivity index (χ0) is 27.5. The highest BCUT2D eigenvalue weighted by Gasteiger charge is 2.18. The molecule has 38 heavy (non-hydrogen) atoms. The summed E-state index contributed by atoms with van der Waals surface area (Å²) in [6, 6.07) is 12.9. The van der Waals surface area contributed by atoms with Gasteiger partial charge in [-0.3, -0.25) is 4.79 Å². The Morgan fingerprint density at radius 2 is 1.45 bits per heavy atom. The highest BCUT2D eigenvalue weighted by atomic mass is 19.1. The Morgan fingerprint density at radius 3 is 2.03 bits per heavy atom. The molecule has 9 nitrogen and oxygen atoms in total. The highest BCUT2D eigenvalue weighted by Crippen LogP contribution is 2.39. The lowest BCUT2D eigenvalue weighted by molar-refractivity contribution is 0.0729. The molecule has 0 aliphatic carbocycles. The van der Waals surface area contributed by atoms with Crippen LogP contribution in [0.5, 0.6) is 28.7 Å². The number of rotatable bonds is 12.